The number of aryl methyl sites for hydroxylation is 1. The Morgan fingerprint density at radius 2 is 1.86 bits per heavy atom. The van der Waals surface area contributed by atoms with Crippen molar-refractivity contribution in [1.29, 1.82) is 0 Å². The molecule has 0 radical (unpaired) electrons. The highest BCUT2D eigenvalue weighted by Gasteiger charge is 2.19. The van der Waals surface area contributed by atoms with Gasteiger partial charge in [0.25, 0.3) is 5.91 Å². The summed E-state index contributed by atoms with van der Waals surface area (Å²) in [7, 11) is 0. The van der Waals surface area contributed by atoms with Crippen LogP contribution >= 0.6 is 11.6 Å². The number of carbonyl (C=O) groups excluding carboxylic acids is 2. The van der Waals surface area contributed by atoms with Crippen LogP contribution < -0.4 is 5.32 Å². The minimum absolute atomic E-state index is 0.0950. The van der Waals surface area contributed by atoms with E-state index in [-0.39, 0.29) is 12.2 Å². The van der Waals surface area contributed by atoms with Gasteiger partial charge in [-0.15, -0.1) is 5.10 Å². The number of halogens is 1. The summed E-state index contributed by atoms with van der Waals surface area (Å²) in [5, 5.41) is 14.4. The summed E-state index contributed by atoms with van der Waals surface area (Å²) < 4.78 is 6.43. The molecule has 0 aliphatic carbocycles. The van der Waals surface area contributed by atoms with Crippen molar-refractivity contribution in [3.05, 3.63) is 76.6 Å². The molecule has 29 heavy (non-hydrogen) atoms. The molecule has 0 unspecified atom stereocenters. The van der Waals surface area contributed by atoms with E-state index in [4.69, 9.17) is 16.3 Å². The van der Waals surface area contributed by atoms with Gasteiger partial charge < -0.3 is 10.1 Å². The normalized spacial score (nSPS) is 11.2. The fraction of sp³-hybridized carbons (Fsp3) is 0.150. The molecule has 0 atom stereocenters. The summed E-state index contributed by atoms with van der Waals surface area (Å²) in [4.78, 5) is 24.7. The van der Waals surface area contributed by atoms with Gasteiger partial charge in [0.15, 0.2) is 18.1 Å². The average molecular weight is 412 g/mol. The Bertz CT molecular complexity index is 1030. The maximum Gasteiger partial charge on any atom is 0.357 e. The van der Waals surface area contributed by atoms with Gasteiger partial charge in [-0.1, -0.05) is 60.1 Å². The maximum atomic E-state index is 12.6. The van der Waals surface area contributed by atoms with Crippen LogP contribution in [-0.4, -0.2) is 38.7 Å². The lowest BCUT2D eigenvalue weighted by Gasteiger charge is -2.10. The Hall–Kier alpha value is -3.52. The van der Waals surface area contributed by atoms with E-state index in [1.807, 2.05) is 36.4 Å². The van der Waals surface area contributed by atoms with Crippen molar-refractivity contribution in [3.8, 4) is 0 Å². The van der Waals surface area contributed by atoms with Crippen LogP contribution in [0.2, 0.25) is 5.02 Å². The Labute approximate surface area is 172 Å². The second kappa shape index (κ2) is 9.61. The SMILES string of the molecule is Cc1nnnn1/C(=C\c1ccccc1)C(=O)OCC(=O)NCc1ccccc1Cl. The second-order valence-corrected chi connectivity index (χ2v) is 6.43. The van der Waals surface area contributed by atoms with Gasteiger partial charge in [-0.2, -0.15) is 4.68 Å². The van der Waals surface area contributed by atoms with Crippen LogP contribution in [0.1, 0.15) is 17.0 Å². The van der Waals surface area contributed by atoms with Gasteiger partial charge in [-0.05, 0) is 40.6 Å². The van der Waals surface area contributed by atoms with Gasteiger partial charge in [0.05, 0.1) is 0 Å². The number of hydrogen-bond donors (Lipinski definition) is 1. The van der Waals surface area contributed by atoms with Crippen LogP contribution in [0.3, 0.4) is 0 Å². The van der Waals surface area contributed by atoms with Crippen LogP contribution in [0.25, 0.3) is 11.8 Å². The van der Waals surface area contributed by atoms with Crippen molar-refractivity contribution in [2.75, 3.05) is 6.61 Å². The highest BCUT2D eigenvalue weighted by molar-refractivity contribution is 6.31. The van der Waals surface area contributed by atoms with Gasteiger partial charge in [0, 0.05) is 11.6 Å². The number of ether oxygens (including phenoxy) is 1. The molecule has 3 aromatic rings. The Morgan fingerprint density at radius 1 is 1.14 bits per heavy atom. The predicted molar refractivity (Wildman–Crippen MR) is 107 cm³/mol. The van der Waals surface area contributed by atoms with E-state index in [1.54, 1.807) is 31.2 Å². The summed E-state index contributed by atoms with van der Waals surface area (Å²) in [6.07, 6.45) is 1.59. The molecule has 9 heteroatoms. The monoisotopic (exact) mass is 411 g/mol. The van der Waals surface area contributed by atoms with Crippen molar-refractivity contribution in [2.45, 2.75) is 13.5 Å². The third kappa shape index (κ3) is 5.49. The standard InChI is InChI=1S/C20H18ClN5O3/c1-14-23-24-25-26(14)18(11-15-7-3-2-4-8-15)20(28)29-13-19(27)22-12-16-9-5-6-10-17(16)21/h2-11H,12-13H2,1H3,(H,22,27)/b18-11-. The highest BCUT2D eigenvalue weighted by atomic mass is 35.5. The lowest BCUT2D eigenvalue weighted by molar-refractivity contribution is -0.143. The number of amides is 1. The van der Waals surface area contributed by atoms with Crippen molar-refractivity contribution in [2.24, 2.45) is 0 Å². The molecule has 0 aliphatic rings. The third-order valence-electron chi connectivity index (χ3n) is 3.93. The minimum atomic E-state index is -0.725. The summed E-state index contributed by atoms with van der Waals surface area (Å²) in [5.74, 6) is -0.768. The van der Waals surface area contributed by atoms with E-state index >= 15 is 0 Å². The molecular weight excluding hydrogens is 394 g/mol. The maximum absolute atomic E-state index is 12.6. The quantitative estimate of drug-likeness (QED) is 0.473. The number of benzene rings is 2. The predicted octanol–water partition coefficient (Wildman–Crippen LogP) is 2.49. The molecule has 1 aromatic heterocycles. The lowest BCUT2D eigenvalue weighted by Crippen LogP contribution is -2.29. The van der Waals surface area contributed by atoms with E-state index in [9.17, 15) is 9.59 Å². The molecule has 148 valence electrons. The molecule has 0 saturated heterocycles. The van der Waals surface area contributed by atoms with Gasteiger partial charge in [-0.25, -0.2) is 4.79 Å². The first-order chi connectivity index (χ1) is 14.0. The highest BCUT2D eigenvalue weighted by Crippen LogP contribution is 2.15. The lowest BCUT2D eigenvalue weighted by atomic mass is 10.2. The van der Waals surface area contributed by atoms with E-state index in [0.717, 1.165) is 11.1 Å². The fourth-order valence-electron chi connectivity index (χ4n) is 2.46. The van der Waals surface area contributed by atoms with E-state index in [1.165, 1.54) is 4.68 Å². The first-order valence-electron chi connectivity index (χ1n) is 8.74. The van der Waals surface area contributed by atoms with Gasteiger partial charge >= 0.3 is 5.97 Å². The zero-order chi connectivity index (χ0) is 20.6. The molecule has 0 aliphatic heterocycles. The number of tetrazole rings is 1. The summed E-state index contributed by atoms with van der Waals surface area (Å²) in [5.41, 5.74) is 1.62. The average Bonchev–Trinajstić information content (AvgIpc) is 3.16. The largest absolute Gasteiger partial charge is 0.451 e. The van der Waals surface area contributed by atoms with Crippen LogP contribution in [0, 0.1) is 6.92 Å². The molecule has 1 N–H and O–H groups in total. The van der Waals surface area contributed by atoms with E-state index in [2.05, 4.69) is 20.8 Å². The molecular formula is C20H18ClN5O3. The van der Waals surface area contributed by atoms with Gasteiger partial charge in [0.2, 0.25) is 0 Å². The summed E-state index contributed by atoms with van der Waals surface area (Å²) in [6.45, 7) is 1.44. The van der Waals surface area contributed by atoms with Crippen molar-refractivity contribution in [1.82, 2.24) is 25.5 Å². The molecule has 0 fully saturated rings. The fourth-order valence-corrected chi connectivity index (χ4v) is 2.66. The zero-order valence-electron chi connectivity index (χ0n) is 15.6. The van der Waals surface area contributed by atoms with Crippen LogP contribution in [0.15, 0.2) is 54.6 Å². The van der Waals surface area contributed by atoms with Crippen molar-refractivity contribution >= 4 is 35.3 Å². The molecule has 1 amide bonds. The molecule has 3 rings (SSSR count). The Morgan fingerprint density at radius 3 is 2.55 bits per heavy atom. The smallest absolute Gasteiger partial charge is 0.357 e. The Balaban J connectivity index is 1.66. The number of nitrogens with zero attached hydrogens (tertiary/aromatic N) is 4. The van der Waals surface area contributed by atoms with Gasteiger partial charge in [-0.3, -0.25) is 4.79 Å². The molecule has 1 heterocycles. The molecule has 0 spiro atoms. The number of esters is 1. The van der Waals surface area contributed by atoms with E-state index in [0.29, 0.717) is 10.8 Å². The topological polar surface area (TPSA) is 99.0 Å². The van der Waals surface area contributed by atoms with Crippen molar-refractivity contribution in [3.63, 3.8) is 0 Å². The first kappa shape index (κ1) is 20.2. The zero-order valence-corrected chi connectivity index (χ0v) is 16.3. The molecule has 2 aromatic carbocycles. The summed E-state index contributed by atoms with van der Waals surface area (Å²) in [6, 6.07) is 16.3. The number of carbonyl (C=O) groups is 2. The van der Waals surface area contributed by atoms with Gasteiger partial charge in [0.1, 0.15) is 0 Å². The number of hydrogen-bond acceptors (Lipinski definition) is 6. The first-order valence-corrected chi connectivity index (χ1v) is 9.11. The van der Waals surface area contributed by atoms with Crippen LogP contribution in [0.4, 0.5) is 0 Å². The molecule has 0 bridgehead atoms. The van der Waals surface area contributed by atoms with Crippen molar-refractivity contribution < 1.29 is 14.3 Å². The van der Waals surface area contributed by atoms with Crippen LogP contribution in [0.5, 0.6) is 0 Å². The minimum Gasteiger partial charge on any atom is -0.451 e. The van der Waals surface area contributed by atoms with E-state index < -0.39 is 18.5 Å². The summed E-state index contributed by atoms with van der Waals surface area (Å²) >= 11 is 6.06. The number of nitrogens with one attached hydrogen (secondary N) is 1. The Kier molecular flexibility index (Phi) is 6.70. The number of rotatable bonds is 7. The number of aromatic nitrogens is 4. The van der Waals surface area contributed by atoms with Crippen LogP contribution in [-0.2, 0) is 20.9 Å². The third-order valence-corrected chi connectivity index (χ3v) is 4.30. The molecule has 0 saturated carbocycles. The molecule has 8 nitrogen and oxygen atoms in total. The second-order valence-electron chi connectivity index (χ2n) is 6.02.